The van der Waals surface area contributed by atoms with Crippen LogP contribution in [0.4, 0.5) is 0 Å². The van der Waals surface area contributed by atoms with Crippen LogP contribution in [-0.4, -0.2) is 31.1 Å². The summed E-state index contributed by atoms with van der Waals surface area (Å²) in [7, 11) is 0. The van der Waals surface area contributed by atoms with Crippen LogP contribution in [0.2, 0.25) is 0 Å². The van der Waals surface area contributed by atoms with E-state index >= 15 is 0 Å². The second-order valence-electron chi connectivity index (χ2n) is 4.28. The zero-order chi connectivity index (χ0) is 10.4. The molecule has 0 aliphatic carbocycles. The Morgan fingerprint density at radius 2 is 2.36 bits per heavy atom. The molecule has 1 aliphatic rings. The maximum absolute atomic E-state index is 5.60. The second kappa shape index (κ2) is 6.20. The predicted octanol–water partition coefficient (Wildman–Crippen LogP) is 2.01. The summed E-state index contributed by atoms with van der Waals surface area (Å²) in [5, 5.41) is 0. The molecule has 2 N–H and O–H groups in total. The molecule has 0 aromatic carbocycles. The fourth-order valence-electron chi connectivity index (χ4n) is 2.16. The van der Waals surface area contributed by atoms with Crippen molar-refractivity contribution in [3.05, 3.63) is 11.6 Å². The lowest BCUT2D eigenvalue weighted by atomic mass is 10.0. The number of hydrogen-bond donors (Lipinski definition) is 1. The van der Waals surface area contributed by atoms with Gasteiger partial charge in [-0.1, -0.05) is 25.0 Å². The summed E-state index contributed by atoms with van der Waals surface area (Å²) in [4.78, 5) is 2.57. The van der Waals surface area contributed by atoms with Gasteiger partial charge in [0.2, 0.25) is 0 Å². The summed E-state index contributed by atoms with van der Waals surface area (Å²) in [5.74, 6) is 0.802. The van der Waals surface area contributed by atoms with Crippen LogP contribution in [-0.2, 0) is 0 Å². The number of nitrogens with two attached hydrogens (primary N) is 1. The molecule has 1 heterocycles. The van der Waals surface area contributed by atoms with E-state index in [2.05, 4.69) is 24.8 Å². The summed E-state index contributed by atoms with van der Waals surface area (Å²) in [6, 6.07) is 0. The highest BCUT2D eigenvalue weighted by Gasteiger charge is 2.18. The van der Waals surface area contributed by atoms with Gasteiger partial charge in [0.15, 0.2) is 0 Å². The largest absolute Gasteiger partial charge is 0.330 e. The minimum atomic E-state index is 0.802. The molecule has 14 heavy (non-hydrogen) atoms. The molecule has 2 nitrogen and oxygen atoms in total. The van der Waals surface area contributed by atoms with Gasteiger partial charge in [-0.2, -0.15) is 0 Å². The van der Waals surface area contributed by atoms with Crippen molar-refractivity contribution in [2.75, 3.05) is 26.2 Å². The summed E-state index contributed by atoms with van der Waals surface area (Å²) >= 11 is 0. The fourth-order valence-corrected chi connectivity index (χ4v) is 2.16. The van der Waals surface area contributed by atoms with Crippen LogP contribution < -0.4 is 5.73 Å². The molecule has 0 aromatic heterocycles. The molecule has 1 unspecified atom stereocenters. The van der Waals surface area contributed by atoms with Crippen LogP contribution in [0.25, 0.3) is 0 Å². The molecule has 1 saturated heterocycles. The lowest BCUT2D eigenvalue weighted by Crippen LogP contribution is -2.27. The van der Waals surface area contributed by atoms with E-state index < -0.39 is 0 Å². The van der Waals surface area contributed by atoms with E-state index in [-0.39, 0.29) is 0 Å². The van der Waals surface area contributed by atoms with Gasteiger partial charge in [0.25, 0.3) is 0 Å². The molecule has 0 saturated carbocycles. The Morgan fingerprint density at radius 1 is 1.57 bits per heavy atom. The molecule has 82 valence electrons. The van der Waals surface area contributed by atoms with E-state index in [4.69, 9.17) is 5.73 Å². The van der Waals surface area contributed by atoms with Crippen LogP contribution in [0, 0.1) is 5.92 Å². The first-order chi connectivity index (χ1) is 6.80. The molecule has 1 rings (SSSR count). The number of rotatable bonds is 5. The number of allylic oxidation sites excluding steroid dienone is 1. The van der Waals surface area contributed by atoms with E-state index in [1.165, 1.54) is 38.9 Å². The van der Waals surface area contributed by atoms with Crippen molar-refractivity contribution in [1.82, 2.24) is 4.90 Å². The fraction of sp³-hybridized carbons (Fsp3) is 0.833. The first-order valence-electron chi connectivity index (χ1n) is 5.86. The van der Waals surface area contributed by atoms with Crippen LogP contribution in [0.1, 0.15) is 33.1 Å². The van der Waals surface area contributed by atoms with Crippen LogP contribution in [0.3, 0.4) is 0 Å². The lowest BCUT2D eigenvalue weighted by molar-refractivity contribution is 0.269. The monoisotopic (exact) mass is 196 g/mol. The minimum Gasteiger partial charge on any atom is -0.330 e. The standard InChI is InChI=1S/C12H24N2/c1-3-11(5-7-13)9-14-8-6-12(4-2)10-14/h4,11H,3,5-10,13H2,1-2H3/b12-4+. The van der Waals surface area contributed by atoms with Crippen LogP contribution in [0.5, 0.6) is 0 Å². The van der Waals surface area contributed by atoms with E-state index in [1.807, 2.05) is 0 Å². The molecule has 0 aromatic rings. The van der Waals surface area contributed by atoms with Gasteiger partial charge in [0.1, 0.15) is 0 Å². The Labute approximate surface area is 88.2 Å². The van der Waals surface area contributed by atoms with Crippen molar-refractivity contribution in [2.24, 2.45) is 11.7 Å². The highest BCUT2D eigenvalue weighted by atomic mass is 15.1. The Hall–Kier alpha value is -0.340. The molecule has 0 radical (unpaired) electrons. The minimum absolute atomic E-state index is 0.802. The zero-order valence-corrected chi connectivity index (χ0v) is 9.63. The molecule has 0 bridgehead atoms. The van der Waals surface area contributed by atoms with Crippen molar-refractivity contribution in [2.45, 2.75) is 33.1 Å². The second-order valence-corrected chi connectivity index (χ2v) is 4.28. The number of hydrogen-bond acceptors (Lipinski definition) is 2. The SMILES string of the molecule is C/C=C1\CCN(CC(CC)CCN)C1. The molecule has 0 spiro atoms. The van der Waals surface area contributed by atoms with Crippen LogP contribution in [0.15, 0.2) is 11.6 Å². The van der Waals surface area contributed by atoms with Gasteiger partial charge in [-0.15, -0.1) is 0 Å². The van der Waals surface area contributed by atoms with Gasteiger partial charge in [-0.3, -0.25) is 4.90 Å². The number of likely N-dealkylation sites (tertiary alicyclic amines) is 1. The van der Waals surface area contributed by atoms with Gasteiger partial charge >= 0.3 is 0 Å². The normalized spacial score (nSPS) is 23.2. The third kappa shape index (κ3) is 3.43. The topological polar surface area (TPSA) is 29.3 Å². The van der Waals surface area contributed by atoms with Gasteiger partial charge in [0.05, 0.1) is 0 Å². The van der Waals surface area contributed by atoms with Gasteiger partial charge < -0.3 is 5.73 Å². The maximum Gasteiger partial charge on any atom is 0.0193 e. The summed E-state index contributed by atoms with van der Waals surface area (Å²) in [5.41, 5.74) is 7.21. The molecular weight excluding hydrogens is 172 g/mol. The molecule has 1 fully saturated rings. The van der Waals surface area contributed by atoms with E-state index in [9.17, 15) is 0 Å². The van der Waals surface area contributed by atoms with E-state index in [0.717, 1.165) is 12.5 Å². The molecule has 2 heteroatoms. The third-order valence-electron chi connectivity index (χ3n) is 3.25. The summed E-state index contributed by atoms with van der Waals surface area (Å²) < 4.78 is 0. The summed E-state index contributed by atoms with van der Waals surface area (Å²) in [6.07, 6.45) is 5.98. The summed E-state index contributed by atoms with van der Waals surface area (Å²) in [6.45, 7) is 8.94. The Kier molecular flexibility index (Phi) is 5.20. The third-order valence-corrected chi connectivity index (χ3v) is 3.25. The average molecular weight is 196 g/mol. The quantitative estimate of drug-likeness (QED) is 0.682. The predicted molar refractivity (Wildman–Crippen MR) is 62.3 cm³/mol. The zero-order valence-electron chi connectivity index (χ0n) is 9.63. The van der Waals surface area contributed by atoms with Gasteiger partial charge in [-0.25, -0.2) is 0 Å². The van der Waals surface area contributed by atoms with E-state index in [0.29, 0.717) is 0 Å². The van der Waals surface area contributed by atoms with Crippen molar-refractivity contribution in [3.8, 4) is 0 Å². The Balaban J connectivity index is 2.29. The van der Waals surface area contributed by atoms with E-state index in [1.54, 1.807) is 5.57 Å². The highest BCUT2D eigenvalue weighted by molar-refractivity contribution is 5.08. The highest BCUT2D eigenvalue weighted by Crippen LogP contribution is 2.18. The van der Waals surface area contributed by atoms with Crippen molar-refractivity contribution < 1.29 is 0 Å². The lowest BCUT2D eigenvalue weighted by Gasteiger charge is -2.21. The molecule has 1 atom stereocenters. The Bertz CT molecular complexity index is 187. The Morgan fingerprint density at radius 3 is 2.86 bits per heavy atom. The van der Waals surface area contributed by atoms with Crippen molar-refractivity contribution in [3.63, 3.8) is 0 Å². The van der Waals surface area contributed by atoms with Crippen molar-refractivity contribution >= 4 is 0 Å². The first kappa shape index (κ1) is 11.7. The maximum atomic E-state index is 5.60. The first-order valence-corrected chi connectivity index (χ1v) is 5.86. The number of nitrogens with zero attached hydrogens (tertiary/aromatic N) is 1. The van der Waals surface area contributed by atoms with Gasteiger partial charge in [-0.05, 0) is 32.2 Å². The molecule has 0 amide bonds. The van der Waals surface area contributed by atoms with Crippen LogP contribution >= 0.6 is 0 Å². The van der Waals surface area contributed by atoms with Gasteiger partial charge in [0, 0.05) is 19.6 Å². The molecular formula is C12H24N2. The average Bonchev–Trinajstić information content (AvgIpc) is 2.65. The van der Waals surface area contributed by atoms with Crippen molar-refractivity contribution in [1.29, 1.82) is 0 Å². The smallest absolute Gasteiger partial charge is 0.0193 e. The molecule has 1 aliphatic heterocycles.